The van der Waals surface area contributed by atoms with Gasteiger partial charge in [0.05, 0.1) is 18.3 Å². The molecular weight excluding hydrogens is 546 g/mol. The standard InChI is InChI=1S/C33H35N5O5/c1-19(2)29(36-33(41)42-3)31(40)37-15-7-10-26(37)30(39)35-23-12-14-25-21(16-23)17-27-24-13-11-22(34)18-28(24)43-32(38(25)27)20-8-5-4-6-9-20/h4-6,8-9,11-14,16-19,26,29,32H,7,10,15,34H2,1-3H3,(H,35,39)(H,36,41)/t26-,29-,32-/m0/s1. The molecule has 222 valence electrons. The van der Waals surface area contributed by atoms with Crippen molar-refractivity contribution in [3.63, 3.8) is 0 Å². The van der Waals surface area contributed by atoms with Crippen molar-refractivity contribution in [3.8, 4) is 17.0 Å². The molecule has 2 aliphatic rings. The van der Waals surface area contributed by atoms with Crippen molar-refractivity contribution >= 4 is 40.2 Å². The van der Waals surface area contributed by atoms with Crippen molar-refractivity contribution in [2.24, 2.45) is 5.92 Å². The Morgan fingerprint density at radius 2 is 1.81 bits per heavy atom. The van der Waals surface area contributed by atoms with Crippen LogP contribution >= 0.6 is 0 Å². The number of nitrogens with zero attached hydrogens (tertiary/aromatic N) is 2. The number of ether oxygens (including phenoxy) is 2. The van der Waals surface area contributed by atoms with E-state index >= 15 is 0 Å². The van der Waals surface area contributed by atoms with Crippen molar-refractivity contribution in [3.05, 3.63) is 78.4 Å². The van der Waals surface area contributed by atoms with Gasteiger partial charge < -0.3 is 35.3 Å². The van der Waals surface area contributed by atoms with Gasteiger partial charge in [-0.1, -0.05) is 44.2 Å². The number of methoxy groups -OCH3 is 1. The fourth-order valence-electron chi connectivity index (χ4n) is 6.04. The molecular formula is C33H35N5O5. The lowest BCUT2D eigenvalue weighted by atomic mass is 10.0. The van der Waals surface area contributed by atoms with Crippen LogP contribution in [0.5, 0.6) is 5.75 Å². The summed E-state index contributed by atoms with van der Waals surface area (Å²) in [6, 6.07) is 22.1. The molecule has 0 bridgehead atoms. The van der Waals surface area contributed by atoms with E-state index in [1.165, 1.54) is 7.11 Å². The lowest BCUT2D eigenvalue weighted by Gasteiger charge is -2.30. The Bertz CT molecular complexity index is 1700. The van der Waals surface area contributed by atoms with Crippen molar-refractivity contribution in [1.82, 2.24) is 14.8 Å². The van der Waals surface area contributed by atoms with Crippen LogP contribution in [0.15, 0.2) is 72.8 Å². The highest BCUT2D eigenvalue weighted by Crippen LogP contribution is 2.45. The number of nitrogens with two attached hydrogens (primary N) is 1. The Labute approximate surface area is 249 Å². The molecule has 3 atom stereocenters. The molecule has 43 heavy (non-hydrogen) atoms. The average Bonchev–Trinajstić information content (AvgIpc) is 3.64. The summed E-state index contributed by atoms with van der Waals surface area (Å²) in [4.78, 5) is 40.4. The Balaban J connectivity index is 1.29. The van der Waals surface area contributed by atoms with Crippen LogP contribution in [0, 0.1) is 5.92 Å². The van der Waals surface area contributed by atoms with Gasteiger partial charge in [-0.25, -0.2) is 4.79 Å². The largest absolute Gasteiger partial charge is 0.465 e. The molecule has 0 spiro atoms. The van der Waals surface area contributed by atoms with E-state index in [4.69, 9.17) is 15.2 Å². The Morgan fingerprint density at radius 3 is 2.56 bits per heavy atom. The first-order chi connectivity index (χ1) is 20.7. The minimum Gasteiger partial charge on any atom is -0.465 e. The van der Waals surface area contributed by atoms with Crippen molar-refractivity contribution in [2.75, 3.05) is 24.7 Å². The van der Waals surface area contributed by atoms with Gasteiger partial charge in [0.2, 0.25) is 18.0 Å². The number of carbonyl (C=O) groups excluding carboxylic acids is 3. The molecule has 0 unspecified atom stereocenters. The minimum absolute atomic E-state index is 0.176. The maximum Gasteiger partial charge on any atom is 0.407 e. The van der Waals surface area contributed by atoms with Crippen LogP contribution in [-0.2, 0) is 14.3 Å². The number of amides is 3. The summed E-state index contributed by atoms with van der Waals surface area (Å²) in [6.07, 6.45) is 0.165. The number of rotatable bonds is 6. The van der Waals surface area contributed by atoms with Crippen LogP contribution < -0.4 is 21.1 Å². The first-order valence-corrected chi connectivity index (χ1v) is 14.5. The molecule has 3 heterocycles. The normalized spacial score (nSPS) is 18.0. The van der Waals surface area contributed by atoms with E-state index in [-0.39, 0.29) is 17.7 Å². The zero-order valence-electron chi connectivity index (χ0n) is 24.4. The first-order valence-electron chi connectivity index (χ1n) is 14.5. The van der Waals surface area contributed by atoms with Gasteiger partial charge in [0, 0.05) is 40.5 Å². The van der Waals surface area contributed by atoms with Crippen LogP contribution in [0.3, 0.4) is 0 Å². The third kappa shape index (κ3) is 5.24. The van der Waals surface area contributed by atoms with E-state index in [9.17, 15) is 14.4 Å². The zero-order valence-corrected chi connectivity index (χ0v) is 24.4. The molecule has 0 radical (unpaired) electrons. The number of anilines is 2. The summed E-state index contributed by atoms with van der Waals surface area (Å²) in [7, 11) is 1.26. The van der Waals surface area contributed by atoms with E-state index < -0.39 is 24.4 Å². The maximum absolute atomic E-state index is 13.5. The highest BCUT2D eigenvalue weighted by atomic mass is 16.5. The van der Waals surface area contributed by atoms with Gasteiger partial charge in [0.1, 0.15) is 17.8 Å². The van der Waals surface area contributed by atoms with Gasteiger partial charge in [0.25, 0.3) is 0 Å². The van der Waals surface area contributed by atoms with Crippen LogP contribution in [0.25, 0.3) is 22.2 Å². The van der Waals surface area contributed by atoms with E-state index in [0.29, 0.717) is 36.5 Å². The monoisotopic (exact) mass is 581 g/mol. The molecule has 6 rings (SSSR count). The summed E-state index contributed by atoms with van der Waals surface area (Å²) < 4.78 is 13.4. The summed E-state index contributed by atoms with van der Waals surface area (Å²) >= 11 is 0. The van der Waals surface area contributed by atoms with E-state index in [1.807, 2.05) is 80.6 Å². The first kappa shape index (κ1) is 28.1. The summed E-state index contributed by atoms with van der Waals surface area (Å²) in [5.74, 6) is -0.0181. The van der Waals surface area contributed by atoms with Crippen LogP contribution in [-0.4, -0.2) is 53.1 Å². The van der Waals surface area contributed by atoms with Gasteiger partial charge in [0.15, 0.2) is 0 Å². The number of aromatic nitrogens is 1. The molecule has 1 fully saturated rings. The molecule has 0 aliphatic carbocycles. The van der Waals surface area contributed by atoms with Gasteiger partial charge in [-0.3, -0.25) is 9.59 Å². The number of benzene rings is 3. The smallest absolute Gasteiger partial charge is 0.407 e. The number of alkyl carbamates (subject to hydrolysis) is 1. The molecule has 3 amide bonds. The molecule has 3 aromatic carbocycles. The fraction of sp³-hybridized carbons (Fsp3) is 0.303. The Kier molecular flexibility index (Phi) is 7.43. The van der Waals surface area contributed by atoms with E-state index in [2.05, 4.69) is 21.3 Å². The number of fused-ring (bicyclic) bond motifs is 5. The van der Waals surface area contributed by atoms with Crippen molar-refractivity contribution in [2.45, 2.75) is 45.0 Å². The third-order valence-corrected chi connectivity index (χ3v) is 8.18. The molecule has 2 aliphatic heterocycles. The fourth-order valence-corrected chi connectivity index (χ4v) is 6.04. The number of likely N-dealkylation sites (tertiary alicyclic amines) is 1. The van der Waals surface area contributed by atoms with Crippen molar-refractivity contribution in [1.29, 1.82) is 0 Å². The molecule has 10 nitrogen and oxygen atoms in total. The molecule has 1 aromatic heterocycles. The number of carbonyl (C=O) groups is 3. The number of hydrogen-bond donors (Lipinski definition) is 3. The predicted octanol–water partition coefficient (Wildman–Crippen LogP) is 5.14. The van der Waals surface area contributed by atoms with Gasteiger partial charge in [-0.05, 0) is 55.2 Å². The lowest BCUT2D eigenvalue weighted by molar-refractivity contribution is -0.139. The van der Waals surface area contributed by atoms with Crippen LogP contribution in [0.2, 0.25) is 0 Å². The molecule has 4 N–H and O–H groups in total. The van der Waals surface area contributed by atoms with Crippen LogP contribution in [0.1, 0.15) is 38.5 Å². The number of hydrogen-bond acceptors (Lipinski definition) is 6. The second-order valence-corrected chi connectivity index (χ2v) is 11.3. The van der Waals surface area contributed by atoms with Crippen LogP contribution in [0.4, 0.5) is 16.2 Å². The highest BCUT2D eigenvalue weighted by Gasteiger charge is 2.39. The summed E-state index contributed by atoms with van der Waals surface area (Å²) in [5, 5.41) is 6.58. The topological polar surface area (TPSA) is 128 Å². The minimum atomic E-state index is -0.789. The zero-order chi connectivity index (χ0) is 30.2. The van der Waals surface area contributed by atoms with E-state index in [0.717, 1.165) is 27.7 Å². The third-order valence-electron chi connectivity index (χ3n) is 8.18. The van der Waals surface area contributed by atoms with E-state index in [1.54, 1.807) is 4.90 Å². The summed E-state index contributed by atoms with van der Waals surface area (Å²) in [6.45, 7) is 4.13. The Hall–Kier alpha value is -4.99. The summed E-state index contributed by atoms with van der Waals surface area (Å²) in [5.41, 5.74) is 11.2. The van der Waals surface area contributed by atoms with Gasteiger partial charge >= 0.3 is 6.09 Å². The molecule has 10 heteroatoms. The molecule has 0 saturated carbocycles. The second kappa shape index (κ2) is 11.4. The average molecular weight is 582 g/mol. The van der Waals surface area contributed by atoms with Crippen molar-refractivity contribution < 1.29 is 23.9 Å². The predicted molar refractivity (Wildman–Crippen MR) is 165 cm³/mol. The van der Waals surface area contributed by atoms with Gasteiger partial charge in [-0.15, -0.1) is 0 Å². The molecule has 4 aromatic rings. The quantitative estimate of drug-likeness (QED) is 0.271. The lowest BCUT2D eigenvalue weighted by Crippen LogP contribution is -2.54. The molecule has 1 saturated heterocycles. The maximum atomic E-state index is 13.5. The Morgan fingerprint density at radius 1 is 1.02 bits per heavy atom. The SMILES string of the molecule is COC(=O)N[C@H](C(=O)N1CCC[C@H]1C(=O)Nc1ccc2c(c1)cc1n2[C@H](c2ccccc2)Oc2cc(N)ccc2-1)C(C)C. The highest BCUT2D eigenvalue weighted by molar-refractivity contribution is 6.00. The van der Waals surface area contributed by atoms with Gasteiger partial charge in [-0.2, -0.15) is 0 Å². The number of nitrogens with one attached hydrogen (secondary N) is 2. The second-order valence-electron chi connectivity index (χ2n) is 11.3. The number of nitrogen functional groups attached to an aromatic ring is 1.